The van der Waals surface area contributed by atoms with Crippen molar-refractivity contribution in [2.75, 3.05) is 0 Å². The van der Waals surface area contributed by atoms with Crippen molar-refractivity contribution in [2.24, 2.45) is 0 Å². The Balaban J connectivity index is 2.65. The van der Waals surface area contributed by atoms with E-state index in [1.165, 1.54) is 10.6 Å². The minimum atomic E-state index is -1.74. The normalized spacial score (nSPS) is 14.0. The smallest absolute Gasteiger partial charge is 0.0533 e. The lowest BCUT2D eigenvalue weighted by molar-refractivity contribution is 1.27. The van der Waals surface area contributed by atoms with Gasteiger partial charge in [-0.2, -0.15) is 0 Å². The molecule has 3 heteroatoms. The van der Waals surface area contributed by atoms with E-state index >= 15 is 0 Å². The zero-order valence-electron chi connectivity index (χ0n) is 12.7. The molecule has 2 aromatic rings. The van der Waals surface area contributed by atoms with Gasteiger partial charge in [-0.1, -0.05) is 99.0 Å². The van der Waals surface area contributed by atoms with Crippen LogP contribution in [0.4, 0.5) is 0 Å². The summed E-state index contributed by atoms with van der Waals surface area (Å²) in [6, 6.07) is 19.8. The number of hydrogen-bond acceptors (Lipinski definition) is 1. The number of rotatable bonds is 4. The minimum absolute atomic E-state index is 0.592. The molecule has 1 atom stereocenters. The van der Waals surface area contributed by atoms with Crippen molar-refractivity contribution in [3.05, 3.63) is 60.7 Å². The standard InChI is InChI=1S/C17H23PSSi/c1-15(20(2,3)4)18(19,16-11-7-5-8-12-16)17-13-9-6-10-14-17/h5-15H,1-4H3. The Kier molecular flexibility index (Phi) is 4.68. The third kappa shape index (κ3) is 2.98. The van der Waals surface area contributed by atoms with E-state index < -0.39 is 14.1 Å². The Hall–Kier alpha value is -0.693. The number of hydrogen-bond donors (Lipinski definition) is 0. The lowest BCUT2D eigenvalue weighted by Gasteiger charge is -2.37. The van der Waals surface area contributed by atoms with Crippen LogP contribution in [-0.4, -0.2) is 13.4 Å². The fraction of sp³-hybridized carbons (Fsp3) is 0.294. The highest BCUT2D eigenvalue weighted by Crippen LogP contribution is 2.51. The third-order valence-corrected chi connectivity index (χ3v) is 16.1. The van der Waals surface area contributed by atoms with Gasteiger partial charge in [-0.15, -0.1) is 0 Å². The van der Waals surface area contributed by atoms with E-state index in [4.69, 9.17) is 11.8 Å². The van der Waals surface area contributed by atoms with Crippen molar-refractivity contribution in [3.8, 4) is 0 Å². The van der Waals surface area contributed by atoms with Crippen LogP contribution in [-0.2, 0) is 11.8 Å². The Morgan fingerprint density at radius 2 is 1.15 bits per heavy atom. The van der Waals surface area contributed by atoms with E-state index in [-0.39, 0.29) is 0 Å². The lowest BCUT2D eigenvalue weighted by Crippen LogP contribution is -2.41. The molecule has 1 unspecified atom stereocenters. The van der Waals surface area contributed by atoms with E-state index in [9.17, 15) is 0 Å². The predicted octanol–water partition coefficient (Wildman–Crippen LogP) is 4.38. The highest BCUT2D eigenvalue weighted by atomic mass is 32.4. The first kappa shape index (κ1) is 15.7. The summed E-state index contributed by atoms with van der Waals surface area (Å²) in [6.45, 7) is 9.69. The quantitative estimate of drug-likeness (QED) is 0.595. The summed E-state index contributed by atoms with van der Waals surface area (Å²) < 4.78 is 0. The van der Waals surface area contributed by atoms with Crippen molar-refractivity contribution in [1.29, 1.82) is 0 Å². The molecule has 0 radical (unpaired) electrons. The summed E-state index contributed by atoms with van der Waals surface area (Å²) >= 11 is 6.35. The van der Waals surface area contributed by atoms with Crippen molar-refractivity contribution >= 4 is 36.5 Å². The molecule has 106 valence electrons. The maximum atomic E-state index is 6.35. The molecule has 0 amide bonds. The molecule has 0 fully saturated rings. The van der Waals surface area contributed by atoms with E-state index in [1.54, 1.807) is 0 Å². The molecule has 2 rings (SSSR count). The van der Waals surface area contributed by atoms with E-state index in [0.29, 0.717) is 5.28 Å². The monoisotopic (exact) mass is 318 g/mol. The highest BCUT2D eigenvalue weighted by molar-refractivity contribution is 8.23. The van der Waals surface area contributed by atoms with Crippen molar-refractivity contribution < 1.29 is 0 Å². The molecule has 0 N–H and O–H groups in total. The molecule has 0 heterocycles. The Labute approximate surface area is 129 Å². The van der Waals surface area contributed by atoms with Crippen LogP contribution in [0.5, 0.6) is 0 Å². The zero-order chi connectivity index (χ0) is 14.8. The molecular formula is C17H23PSSi. The molecule has 0 aliphatic rings. The average Bonchev–Trinajstić information content (AvgIpc) is 2.46. The largest absolute Gasteiger partial charge is 0.0876 e. The van der Waals surface area contributed by atoms with E-state index in [1.807, 2.05) is 0 Å². The van der Waals surface area contributed by atoms with Gasteiger partial charge >= 0.3 is 0 Å². The second-order valence-electron chi connectivity index (χ2n) is 6.37. The first-order chi connectivity index (χ1) is 9.37. The fourth-order valence-electron chi connectivity index (χ4n) is 2.44. The van der Waals surface area contributed by atoms with Crippen LogP contribution in [0.3, 0.4) is 0 Å². The molecule has 0 saturated carbocycles. The molecule has 2 aromatic carbocycles. The third-order valence-electron chi connectivity index (χ3n) is 4.08. The van der Waals surface area contributed by atoms with Gasteiger partial charge in [0.15, 0.2) is 0 Å². The molecule has 0 saturated heterocycles. The van der Waals surface area contributed by atoms with Crippen LogP contribution in [0.1, 0.15) is 6.92 Å². The highest BCUT2D eigenvalue weighted by Gasteiger charge is 2.37. The van der Waals surface area contributed by atoms with Gasteiger partial charge in [-0.05, 0) is 15.9 Å². The van der Waals surface area contributed by atoms with Crippen molar-refractivity contribution in [3.63, 3.8) is 0 Å². The van der Waals surface area contributed by atoms with Gasteiger partial charge in [0.05, 0.1) is 8.07 Å². The summed E-state index contributed by atoms with van der Waals surface area (Å²) in [7, 11) is -1.32. The van der Waals surface area contributed by atoms with Gasteiger partial charge in [-0.25, -0.2) is 0 Å². The first-order valence-corrected chi connectivity index (χ1v) is 13.5. The Bertz CT molecular complexity index is 558. The van der Waals surface area contributed by atoms with Crippen molar-refractivity contribution in [1.82, 2.24) is 0 Å². The van der Waals surface area contributed by atoms with Gasteiger partial charge < -0.3 is 0 Å². The van der Waals surface area contributed by atoms with Gasteiger partial charge in [0.25, 0.3) is 0 Å². The molecule has 0 bridgehead atoms. The predicted molar refractivity (Wildman–Crippen MR) is 99.2 cm³/mol. The van der Waals surface area contributed by atoms with Crippen LogP contribution in [0.2, 0.25) is 19.6 Å². The molecule has 20 heavy (non-hydrogen) atoms. The molecule has 0 aromatic heterocycles. The summed E-state index contributed by atoms with van der Waals surface area (Å²) in [5.74, 6) is 0. The van der Waals surface area contributed by atoms with Crippen molar-refractivity contribution in [2.45, 2.75) is 31.8 Å². The minimum Gasteiger partial charge on any atom is -0.0876 e. The van der Waals surface area contributed by atoms with Gasteiger partial charge in [0, 0.05) is 6.04 Å². The van der Waals surface area contributed by atoms with E-state index in [2.05, 4.69) is 87.2 Å². The Morgan fingerprint density at radius 1 is 0.800 bits per heavy atom. The van der Waals surface area contributed by atoms with Crippen LogP contribution in [0.25, 0.3) is 0 Å². The topological polar surface area (TPSA) is 0 Å². The summed E-state index contributed by atoms with van der Waals surface area (Å²) in [4.78, 5) is 0. The molecule has 0 aliphatic carbocycles. The Morgan fingerprint density at radius 3 is 1.45 bits per heavy atom. The second kappa shape index (κ2) is 5.97. The maximum absolute atomic E-state index is 6.35. The summed E-state index contributed by atoms with van der Waals surface area (Å²) in [5.41, 5.74) is 0. The average molecular weight is 318 g/mol. The van der Waals surface area contributed by atoms with Crippen LogP contribution in [0.15, 0.2) is 60.7 Å². The summed E-state index contributed by atoms with van der Waals surface area (Å²) in [6.07, 6.45) is 0. The zero-order valence-corrected chi connectivity index (χ0v) is 15.4. The van der Waals surface area contributed by atoms with E-state index in [0.717, 1.165) is 0 Å². The molecule has 0 spiro atoms. The van der Waals surface area contributed by atoms with Crippen LogP contribution >= 0.6 is 6.04 Å². The summed E-state index contributed by atoms with van der Waals surface area (Å²) in [5, 5.41) is 3.31. The van der Waals surface area contributed by atoms with Gasteiger partial charge in [-0.3, -0.25) is 0 Å². The van der Waals surface area contributed by atoms with Gasteiger partial charge in [0.1, 0.15) is 0 Å². The van der Waals surface area contributed by atoms with Crippen LogP contribution in [0, 0.1) is 0 Å². The SMILES string of the molecule is CC([Si](C)(C)C)P(=S)(c1ccccc1)c1ccccc1. The molecule has 0 nitrogen and oxygen atoms in total. The second-order valence-corrected chi connectivity index (χ2v) is 17.3. The first-order valence-electron chi connectivity index (χ1n) is 7.08. The molecular weight excluding hydrogens is 295 g/mol. The fourth-order valence-corrected chi connectivity index (χ4v) is 13.7. The lowest BCUT2D eigenvalue weighted by atomic mass is 10.4. The maximum Gasteiger partial charge on any atom is 0.0533 e. The van der Waals surface area contributed by atoms with Crippen LogP contribution < -0.4 is 10.6 Å². The number of benzene rings is 2. The molecule has 0 aliphatic heterocycles. The van der Waals surface area contributed by atoms with Gasteiger partial charge in [0.2, 0.25) is 0 Å².